The average molecular weight is 430 g/mol. The van der Waals surface area contributed by atoms with Crippen molar-refractivity contribution in [1.29, 1.82) is 0 Å². The molecule has 2 rings (SSSR count). The second-order valence-corrected chi connectivity index (χ2v) is 8.26. The Morgan fingerprint density at radius 2 is 2.00 bits per heavy atom. The molecule has 0 aliphatic heterocycles. The van der Waals surface area contributed by atoms with Crippen LogP contribution in [0.4, 0.5) is 5.13 Å². The Morgan fingerprint density at radius 3 is 2.58 bits per heavy atom. The van der Waals surface area contributed by atoms with Crippen LogP contribution in [0.15, 0.2) is 48.4 Å². The van der Waals surface area contributed by atoms with Crippen LogP contribution in [-0.4, -0.2) is 42.0 Å². The van der Waals surface area contributed by atoms with E-state index in [-0.39, 0.29) is 29.2 Å². The Bertz CT molecular complexity index is 867. The number of nitrogens with one attached hydrogen (secondary N) is 1. The summed E-state index contributed by atoms with van der Waals surface area (Å²) in [6.07, 6.45) is 3.06. The van der Waals surface area contributed by atoms with Gasteiger partial charge in [0.1, 0.15) is 0 Å². The molecular formula is C15H16BrN3O3S2. The van der Waals surface area contributed by atoms with E-state index in [1.54, 1.807) is 12.1 Å². The van der Waals surface area contributed by atoms with Gasteiger partial charge < -0.3 is 5.32 Å². The van der Waals surface area contributed by atoms with Crippen LogP contribution in [-0.2, 0) is 14.8 Å². The second kappa shape index (κ2) is 8.02. The molecule has 2 aromatic rings. The van der Waals surface area contributed by atoms with E-state index in [0.29, 0.717) is 15.3 Å². The normalized spacial score (nSPS) is 11.6. The maximum Gasteiger partial charge on any atom is 0.243 e. The van der Waals surface area contributed by atoms with E-state index >= 15 is 0 Å². The van der Waals surface area contributed by atoms with Crippen molar-refractivity contribution in [1.82, 2.24) is 9.29 Å². The molecule has 0 saturated heterocycles. The van der Waals surface area contributed by atoms with Crippen LogP contribution in [0.1, 0.15) is 0 Å². The average Bonchev–Trinajstić information content (AvgIpc) is 2.95. The summed E-state index contributed by atoms with van der Waals surface area (Å²) in [7, 11) is -3.66. The summed E-state index contributed by atoms with van der Waals surface area (Å²) in [4.78, 5) is 15.8. The fourth-order valence-electron chi connectivity index (χ4n) is 1.98. The number of carbonyl (C=O) groups is 1. The number of thiazole rings is 1. The first kappa shape index (κ1) is 18.8. The first-order valence-electron chi connectivity index (χ1n) is 6.90. The van der Waals surface area contributed by atoms with E-state index in [0.717, 1.165) is 0 Å². The molecule has 0 atom stereocenters. The van der Waals surface area contributed by atoms with Gasteiger partial charge in [-0.1, -0.05) is 39.4 Å². The summed E-state index contributed by atoms with van der Waals surface area (Å²) < 4.78 is 27.4. The highest BCUT2D eigenvalue weighted by molar-refractivity contribution is 9.09. The fraction of sp³-hybridized carbons (Fsp3) is 0.200. The maximum atomic E-state index is 12.7. The molecule has 128 valence electrons. The molecular weight excluding hydrogens is 414 g/mol. The number of carbonyl (C=O) groups excluding carboxylic acids is 1. The largest absolute Gasteiger partial charge is 0.301 e. The van der Waals surface area contributed by atoms with Crippen LogP contribution in [0.2, 0.25) is 0 Å². The van der Waals surface area contributed by atoms with Crippen molar-refractivity contribution in [2.45, 2.75) is 4.90 Å². The van der Waals surface area contributed by atoms with Gasteiger partial charge in [-0.25, -0.2) is 13.4 Å². The zero-order valence-corrected chi connectivity index (χ0v) is 16.0. The molecule has 24 heavy (non-hydrogen) atoms. The van der Waals surface area contributed by atoms with Gasteiger partial charge in [0, 0.05) is 13.1 Å². The predicted molar refractivity (Wildman–Crippen MR) is 101 cm³/mol. The summed E-state index contributed by atoms with van der Waals surface area (Å²) >= 11 is 4.29. The van der Waals surface area contributed by atoms with Crippen molar-refractivity contribution in [3.8, 4) is 0 Å². The Kier molecular flexibility index (Phi) is 6.27. The number of amides is 1. The summed E-state index contributed by atoms with van der Waals surface area (Å²) in [6.45, 7) is 7.57. The third kappa shape index (κ3) is 4.10. The number of aromatic nitrogens is 1. The van der Waals surface area contributed by atoms with Gasteiger partial charge in [0.05, 0.1) is 20.4 Å². The molecule has 6 nitrogen and oxygen atoms in total. The quantitative estimate of drug-likeness (QED) is 0.516. The minimum absolute atomic E-state index is 0.167. The summed E-state index contributed by atoms with van der Waals surface area (Å²) in [6, 6.07) is 4.69. The molecule has 9 heteroatoms. The van der Waals surface area contributed by atoms with Gasteiger partial charge in [-0.05, 0) is 18.2 Å². The van der Waals surface area contributed by atoms with Crippen LogP contribution < -0.4 is 5.32 Å². The van der Waals surface area contributed by atoms with Crippen LogP contribution in [0.5, 0.6) is 0 Å². The molecule has 1 amide bonds. The Balaban J connectivity index is 2.40. The minimum atomic E-state index is -3.66. The number of fused-ring (bicyclic) bond motifs is 1. The highest BCUT2D eigenvalue weighted by atomic mass is 79.9. The van der Waals surface area contributed by atoms with Gasteiger partial charge in [-0.3, -0.25) is 4.79 Å². The maximum absolute atomic E-state index is 12.7. The molecule has 0 aliphatic rings. The number of nitrogens with zero attached hydrogens (tertiary/aromatic N) is 2. The van der Waals surface area contributed by atoms with Crippen molar-refractivity contribution in [3.05, 3.63) is 43.5 Å². The second-order valence-electron chi connectivity index (χ2n) is 4.73. The molecule has 0 unspecified atom stereocenters. The van der Waals surface area contributed by atoms with Crippen molar-refractivity contribution >= 4 is 58.5 Å². The minimum Gasteiger partial charge on any atom is -0.301 e. The fourth-order valence-corrected chi connectivity index (χ4v) is 4.52. The van der Waals surface area contributed by atoms with Crippen molar-refractivity contribution in [2.24, 2.45) is 0 Å². The summed E-state index contributed by atoms with van der Waals surface area (Å²) in [5.74, 6) is -0.218. The molecule has 1 aromatic carbocycles. The van der Waals surface area contributed by atoms with Crippen LogP contribution in [0, 0.1) is 0 Å². The highest BCUT2D eigenvalue weighted by Crippen LogP contribution is 2.29. The topological polar surface area (TPSA) is 79.4 Å². The summed E-state index contributed by atoms with van der Waals surface area (Å²) in [5.41, 5.74) is 0.628. The molecule has 0 saturated carbocycles. The lowest BCUT2D eigenvalue weighted by Crippen LogP contribution is -2.31. The SMILES string of the molecule is C=CCN(CC=C)S(=O)(=O)c1ccc2nc(NC(=O)CBr)sc2c1. The Morgan fingerprint density at radius 1 is 1.33 bits per heavy atom. The zero-order valence-electron chi connectivity index (χ0n) is 12.7. The van der Waals surface area contributed by atoms with E-state index in [9.17, 15) is 13.2 Å². The lowest BCUT2D eigenvalue weighted by molar-refractivity contribution is -0.113. The Hall–Kier alpha value is -1.55. The van der Waals surface area contributed by atoms with Gasteiger partial charge >= 0.3 is 0 Å². The monoisotopic (exact) mass is 429 g/mol. The van der Waals surface area contributed by atoms with Gasteiger partial charge in [0.15, 0.2) is 5.13 Å². The number of benzene rings is 1. The zero-order chi connectivity index (χ0) is 17.7. The lowest BCUT2D eigenvalue weighted by atomic mass is 10.3. The number of sulfonamides is 1. The van der Waals surface area contributed by atoms with E-state index in [1.165, 1.54) is 33.9 Å². The number of hydrogen-bond acceptors (Lipinski definition) is 5. The first-order chi connectivity index (χ1) is 11.4. The van der Waals surface area contributed by atoms with Gasteiger partial charge in [-0.2, -0.15) is 4.31 Å². The van der Waals surface area contributed by atoms with Crippen molar-refractivity contribution < 1.29 is 13.2 Å². The first-order valence-corrected chi connectivity index (χ1v) is 10.3. The molecule has 1 aromatic heterocycles. The van der Waals surface area contributed by atoms with Crippen LogP contribution >= 0.6 is 27.3 Å². The predicted octanol–water partition coefficient (Wildman–Crippen LogP) is 2.99. The highest BCUT2D eigenvalue weighted by Gasteiger charge is 2.23. The third-order valence-electron chi connectivity index (χ3n) is 3.03. The lowest BCUT2D eigenvalue weighted by Gasteiger charge is -2.18. The molecule has 1 N–H and O–H groups in total. The van der Waals surface area contributed by atoms with Gasteiger partial charge in [0.2, 0.25) is 15.9 Å². The molecule has 0 fully saturated rings. The molecule has 0 aliphatic carbocycles. The van der Waals surface area contributed by atoms with Crippen molar-refractivity contribution in [3.63, 3.8) is 0 Å². The molecule has 0 bridgehead atoms. The Labute approximate surface area is 153 Å². The van der Waals surface area contributed by atoms with E-state index < -0.39 is 10.0 Å². The standard InChI is InChI=1S/C15H16BrN3O3S2/c1-3-7-19(8-4-2)24(21,22)11-5-6-12-13(9-11)23-15(17-12)18-14(20)10-16/h3-6,9H,1-2,7-8,10H2,(H,17,18,20). The summed E-state index contributed by atoms with van der Waals surface area (Å²) in [5, 5.41) is 3.23. The number of anilines is 1. The molecule has 0 radical (unpaired) electrons. The smallest absolute Gasteiger partial charge is 0.243 e. The number of rotatable bonds is 8. The van der Waals surface area contributed by atoms with Crippen molar-refractivity contribution in [2.75, 3.05) is 23.7 Å². The number of halogens is 1. The van der Waals surface area contributed by atoms with E-state index in [2.05, 4.69) is 39.4 Å². The number of alkyl halides is 1. The molecule has 1 heterocycles. The van der Waals surface area contributed by atoms with Gasteiger partial charge in [-0.15, -0.1) is 13.2 Å². The van der Waals surface area contributed by atoms with E-state index in [4.69, 9.17) is 0 Å². The number of hydrogen-bond donors (Lipinski definition) is 1. The van der Waals surface area contributed by atoms with Crippen LogP contribution in [0.3, 0.4) is 0 Å². The van der Waals surface area contributed by atoms with E-state index in [1.807, 2.05) is 0 Å². The van der Waals surface area contributed by atoms with Crippen LogP contribution in [0.25, 0.3) is 10.2 Å². The van der Waals surface area contributed by atoms with Gasteiger partial charge in [0.25, 0.3) is 0 Å². The molecule has 0 spiro atoms. The third-order valence-corrected chi connectivity index (χ3v) is 6.30.